The third kappa shape index (κ3) is 3.11. The molecule has 2 heterocycles. The average molecular weight is 316 g/mol. The van der Waals surface area contributed by atoms with Gasteiger partial charge in [-0.1, -0.05) is 0 Å². The number of thiophene rings is 1. The normalized spacial score (nSPS) is 16.4. The van der Waals surface area contributed by atoms with Crippen molar-refractivity contribution in [3.05, 3.63) is 9.75 Å². The fourth-order valence-electron chi connectivity index (χ4n) is 1.77. The maximum atomic E-state index is 11.9. The second kappa shape index (κ2) is 6.77. The van der Waals surface area contributed by atoms with Crippen LogP contribution in [0.3, 0.4) is 0 Å². The molecule has 1 N–H and O–H groups in total. The number of fused-ring (bicyclic) bond motifs is 1. The Morgan fingerprint density at radius 2 is 1.76 bits per heavy atom. The zero-order valence-corrected chi connectivity index (χ0v) is 12.5. The molecular weight excluding hydrogens is 300 g/mol. The first-order valence-electron chi connectivity index (χ1n) is 6.53. The van der Waals surface area contributed by atoms with E-state index in [0.717, 1.165) is 11.3 Å². The largest absolute Gasteiger partial charge is 0.484 e. The number of carbonyl (C=O) groups excluding carboxylic acids is 2. The summed E-state index contributed by atoms with van der Waals surface area (Å²) >= 11 is 0.903. The van der Waals surface area contributed by atoms with E-state index in [1.165, 1.54) is 0 Å². The molecule has 0 unspecified atom stereocenters. The van der Waals surface area contributed by atoms with Crippen LogP contribution < -0.4 is 9.47 Å². The Bertz CT molecular complexity index is 537. The fourth-order valence-corrected chi connectivity index (χ4v) is 2.73. The van der Waals surface area contributed by atoms with E-state index in [0.29, 0.717) is 0 Å². The summed E-state index contributed by atoms with van der Waals surface area (Å²) in [7, 11) is 0. The summed E-state index contributed by atoms with van der Waals surface area (Å²) < 4.78 is 20.8. The van der Waals surface area contributed by atoms with Crippen LogP contribution in [-0.2, 0) is 9.47 Å². The van der Waals surface area contributed by atoms with Crippen LogP contribution >= 0.6 is 11.3 Å². The smallest absolute Gasteiger partial charge is 0.352 e. The van der Waals surface area contributed by atoms with Crippen molar-refractivity contribution >= 4 is 23.3 Å². The average Bonchev–Trinajstić information content (AvgIpc) is 2.86. The van der Waals surface area contributed by atoms with Crippen LogP contribution in [0.5, 0.6) is 11.5 Å². The Kier molecular flexibility index (Phi) is 5.03. The predicted molar refractivity (Wildman–Crippen MR) is 73.2 cm³/mol. The molecule has 8 heteroatoms. The zero-order chi connectivity index (χ0) is 15.4. The number of rotatable bonds is 5. The third-order valence-corrected chi connectivity index (χ3v) is 3.76. The van der Waals surface area contributed by atoms with Gasteiger partial charge in [0.25, 0.3) is 0 Å². The number of carbonyl (C=O) groups is 2. The van der Waals surface area contributed by atoms with Crippen LogP contribution in [-0.4, -0.2) is 49.6 Å². The molecule has 1 aromatic rings. The van der Waals surface area contributed by atoms with Crippen LogP contribution in [0, 0.1) is 0 Å². The van der Waals surface area contributed by atoms with Crippen LogP contribution in [0.4, 0.5) is 0 Å². The Balaban J connectivity index is 2.41. The maximum absolute atomic E-state index is 11.9. The van der Waals surface area contributed by atoms with E-state index in [-0.39, 0.29) is 47.7 Å². The molecule has 21 heavy (non-hydrogen) atoms. The van der Waals surface area contributed by atoms with Gasteiger partial charge in [-0.25, -0.2) is 9.59 Å². The minimum Gasteiger partial charge on any atom is -0.484 e. The molecule has 0 radical (unpaired) electrons. The van der Waals surface area contributed by atoms with Crippen molar-refractivity contribution in [2.24, 2.45) is 0 Å². The van der Waals surface area contributed by atoms with Crippen LogP contribution in [0.15, 0.2) is 0 Å². The number of esters is 2. The lowest BCUT2D eigenvalue weighted by molar-refractivity contribution is 0.0373. The SMILES string of the molecule is CCOC(=O)c1sc(C(=O)OCC)c2c1OC[C@H](CO)O2. The highest BCUT2D eigenvalue weighted by molar-refractivity contribution is 7.16. The molecule has 0 spiro atoms. The van der Waals surface area contributed by atoms with Crippen LogP contribution in [0.1, 0.15) is 33.2 Å². The molecule has 0 fully saturated rings. The van der Waals surface area contributed by atoms with Crippen molar-refractivity contribution in [2.45, 2.75) is 20.0 Å². The lowest BCUT2D eigenvalue weighted by Crippen LogP contribution is -2.32. The molecule has 0 saturated carbocycles. The van der Waals surface area contributed by atoms with Gasteiger partial charge >= 0.3 is 11.9 Å². The molecule has 0 bridgehead atoms. The Morgan fingerprint density at radius 1 is 1.19 bits per heavy atom. The molecule has 1 aliphatic heterocycles. The molecule has 7 nitrogen and oxygen atoms in total. The highest BCUT2D eigenvalue weighted by Gasteiger charge is 2.35. The lowest BCUT2D eigenvalue weighted by Gasteiger charge is -2.23. The molecule has 0 aliphatic carbocycles. The number of hydrogen-bond donors (Lipinski definition) is 1. The molecule has 0 amide bonds. The van der Waals surface area contributed by atoms with E-state index in [9.17, 15) is 9.59 Å². The number of hydrogen-bond acceptors (Lipinski definition) is 8. The minimum atomic E-state index is -0.600. The summed E-state index contributed by atoms with van der Waals surface area (Å²) in [5.41, 5.74) is 0. The van der Waals surface area contributed by atoms with Crippen molar-refractivity contribution < 1.29 is 33.6 Å². The summed E-state index contributed by atoms with van der Waals surface area (Å²) in [4.78, 5) is 24.1. The van der Waals surface area contributed by atoms with E-state index < -0.39 is 18.0 Å². The third-order valence-electron chi connectivity index (χ3n) is 2.65. The number of aliphatic hydroxyl groups excluding tert-OH is 1. The van der Waals surface area contributed by atoms with Crippen LogP contribution in [0.25, 0.3) is 0 Å². The Hall–Kier alpha value is -1.80. The lowest BCUT2D eigenvalue weighted by atomic mass is 10.3. The van der Waals surface area contributed by atoms with Crippen LogP contribution in [0.2, 0.25) is 0 Å². The first-order chi connectivity index (χ1) is 10.1. The second-order valence-corrected chi connectivity index (χ2v) is 5.11. The highest BCUT2D eigenvalue weighted by atomic mass is 32.1. The van der Waals surface area contributed by atoms with Gasteiger partial charge < -0.3 is 24.1 Å². The van der Waals surface area contributed by atoms with Gasteiger partial charge in [0.15, 0.2) is 27.4 Å². The quantitative estimate of drug-likeness (QED) is 0.817. The molecule has 1 aromatic heterocycles. The molecular formula is C13H16O7S. The molecule has 1 aliphatic rings. The van der Waals surface area contributed by atoms with Gasteiger partial charge in [-0.15, -0.1) is 11.3 Å². The summed E-state index contributed by atoms with van der Waals surface area (Å²) in [5, 5.41) is 9.14. The van der Waals surface area contributed by atoms with Gasteiger partial charge in [0.05, 0.1) is 19.8 Å². The molecule has 1 atom stereocenters. The van der Waals surface area contributed by atoms with Crippen molar-refractivity contribution in [3.8, 4) is 11.5 Å². The molecule has 0 aromatic carbocycles. The Labute approximate surface area is 125 Å². The van der Waals surface area contributed by atoms with E-state index >= 15 is 0 Å². The number of aliphatic hydroxyl groups is 1. The maximum Gasteiger partial charge on any atom is 0.352 e. The summed E-state index contributed by atoms with van der Waals surface area (Å²) in [6.07, 6.45) is -0.588. The first kappa shape index (κ1) is 15.6. The van der Waals surface area contributed by atoms with Gasteiger partial charge in [0.2, 0.25) is 0 Å². The van der Waals surface area contributed by atoms with E-state index in [1.807, 2.05) is 0 Å². The van der Waals surface area contributed by atoms with Crippen molar-refractivity contribution in [1.82, 2.24) is 0 Å². The molecule has 0 saturated heterocycles. The summed E-state index contributed by atoms with van der Waals surface area (Å²) in [6, 6.07) is 0. The topological polar surface area (TPSA) is 91.3 Å². The van der Waals surface area contributed by atoms with Crippen molar-refractivity contribution in [2.75, 3.05) is 26.4 Å². The van der Waals surface area contributed by atoms with E-state index in [2.05, 4.69) is 0 Å². The molecule has 116 valence electrons. The standard InChI is InChI=1S/C13H16O7S/c1-3-17-12(15)10-8-9(20-7(5-14)6-19-8)11(21-10)13(16)18-4-2/h7,14H,3-6H2,1-2H3/t7-/m0/s1. The van der Waals surface area contributed by atoms with Gasteiger partial charge in [-0.3, -0.25) is 0 Å². The number of ether oxygens (including phenoxy) is 4. The zero-order valence-electron chi connectivity index (χ0n) is 11.7. The minimum absolute atomic E-state index is 0.0922. The van der Waals surface area contributed by atoms with Crippen molar-refractivity contribution in [3.63, 3.8) is 0 Å². The van der Waals surface area contributed by atoms with Gasteiger partial charge in [-0.05, 0) is 13.8 Å². The van der Waals surface area contributed by atoms with E-state index in [1.54, 1.807) is 13.8 Å². The monoisotopic (exact) mass is 316 g/mol. The summed E-state index contributed by atoms with van der Waals surface area (Å²) in [5.74, 6) is -0.880. The van der Waals surface area contributed by atoms with Crippen molar-refractivity contribution in [1.29, 1.82) is 0 Å². The van der Waals surface area contributed by atoms with Gasteiger partial charge in [0, 0.05) is 0 Å². The first-order valence-corrected chi connectivity index (χ1v) is 7.35. The molecule has 2 rings (SSSR count). The second-order valence-electron chi connectivity index (χ2n) is 4.09. The summed E-state index contributed by atoms with van der Waals surface area (Å²) in [6.45, 7) is 3.60. The van der Waals surface area contributed by atoms with Gasteiger partial charge in [-0.2, -0.15) is 0 Å². The highest BCUT2D eigenvalue weighted by Crippen LogP contribution is 2.45. The Morgan fingerprint density at radius 3 is 2.29 bits per heavy atom. The fraction of sp³-hybridized carbons (Fsp3) is 0.538. The van der Waals surface area contributed by atoms with E-state index in [4.69, 9.17) is 24.1 Å². The van der Waals surface area contributed by atoms with Gasteiger partial charge in [0.1, 0.15) is 6.61 Å². The predicted octanol–water partition coefficient (Wildman–Crippen LogP) is 1.23.